The molecular weight excluding hydrogens is 348 g/mol. The Labute approximate surface area is 169 Å². The normalized spacial score (nSPS) is 45.6. The van der Waals surface area contributed by atoms with Crippen LogP contribution in [-0.4, -0.2) is 16.9 Å². The second kappa shape index (κ2) is 6.85. The van der Waals surface area contributed by atoms with E-state index in [4.69, 9.17) is 5.11 Å². The first-order chi connectivity index (χ1) is 13.2. The van der Waals surface area contributed by atoms with Crippen LogP contribution >= 0.6 is 0 Å². The molecule has 4 aliphatic carbocycles. The third kappa shape index (κ3) is 2.83. The number of fused-ring (bicyclic) bond motifs is 5. The number of allylic oxidation sites excluding steroid dienone is 4. The highest BCUT2D eigenvalue weighted by Gasteiger charge is 2.61. The minimum atomic E-state index is -0.669. The summed E-state index contributed by atoms with van der Waals surface area (Å²) in [6.07, 6.45) is 13.1. The van der Waals surface area contributed by atoms with Gasteiger partial charge in [-0.05, 0) is 90.1 Å². The molecule has 8 atom stereocenters. The molecule has 0 amide bonds. The van der Waals surface area contributed by atoms with E-state index in [1.165, 1.54) is 24.8 Å². The van der Waals surface area contributed by atoms with E-state index in [1.807, 2.05) is 6.08 Å². The Bertz CT molecular complexity index is 734. The summed E-state index contributed by atoms with van der Waals surface area (Å²) in [6.45, 7) is 9.65. The van der Waals surface area contributed by atoms with E-state index in [0.717, 1.165) is 12.8 Å². The summed E-state index contributed by atoms with van der Waals surface area (Å²) in [4.78, 5) is 23.1. The number of aliphatic carboxylic acids is 1. The van der Waals surface area contributed by atoms with Gasteiger partial charge in [0.05, 0.1) is 0 Å². The maximum absolute atomic E-state index is 12.0. The average molecular weight is 385 g/mol. The summed E-state index contributed by atoms with van der Waals surface area (Å²) < 4.78 is 0. The van der Waals surface area contributed by atoms with Crippen molar-refractivity contribution in [3.05, 3.63) is 23.8 Å². The van der Waals surface area contributed by atoms with Crippen molar-refractivity contribution in [3.8, 4) is 0 Å². The lowest BCUT2D eigenvalue weighted by molar-refractivity contribution is -0.137. The van der Waals surface area contributed by atoms with Gasteiger partial charge < -0.3 is 5.11 Å². The van der Waals surface area contributed by atoms with Crippen LogP contribution in [0.5, 0.6) is 0 Å². The summed E-state index contributed by atoms with van der Waals surface area (Å²) >= 11 is 0. The van der Waals surface area contributed by atoms with Gasteiger partial charge >= 0.3 is 5.97 Å². The first-order valence-corrected chi connectivity index (χ1v) is 11.3. The molecule has 28 heavy (non-hydrogen) atoms. The second-order valence-corrected chi connectivity index (χ2v) is 10.7. The molecule has 0 saturated heterocycles. The number of hydrogen-bond donors (Lipinski definition) is 1. The highest BCUT2D eigenvalue weighted by atomic mass is 16.4. The van der Waals surface area contributed by atoms with Gasteiger partial charge in [0.15, 0.2) is 5.78 Å². The van der Waals surface area contributed by atoms with E-state index in [2.05, 4.69) is 39.8 Å². The molecule has 0 aromatic rings. The van der Waals surface area contributed by atoms with Crippen LogP contribution in [-0.2, 0) is 9.59 Å². The molecule has 0 aliphatic heterocycles. The Hall–Kier alpha value is -1.38. The summed E-state index contributed by atoms with van der Waals surface area (Å²) in [6, 6.07) is 0. The van der Waals surface area contributed by atoms with Crippen molar-refractivity contribution < 1.29 is 14.7 Å². The van der Waals surface area contributed by atoms with Gasteiger partial charge in [-0.1, -0.05) is 39.8 Å². The fraction of sp³-hybridized carbons (Fsp3) is 0.760. The Morgan fingerprint density at radius 2 is 2.04 bits per heavy atom. The van der Waals surface area contributed by atoms with Gasteiger partial charge in [0, 0.05) is 12.8 Å². The molecule has 0 aromatic carbocycles. The fourth-order valence-corrected chi connectivity index (χ4v) is 7.86. The number of rotatable bonds is 4. The van der Waals surface area contributed by atoms with Gasteiger partial charge in [0.2, 0.25) is 0 Å². The smallest absolute Gasteiger partial charge is 0.303 e. The lowest BCUT2D eigenvalue weighted by atomic mass is 9.45. The van der Waals surface area contributed by atoms with Crippen molar-refractivity contribution in [1.82, 2.24) is 0 Å². The average Bonchev–Trinajstić information content (AvgIpc) is 3.00. The summed E-state index contributed by atoms with van der Waals surface area (Å²) in [5.41, 5.74) is 1.71. The van der Waals surface area contributed by atoms with Crippen molar-refractivity contribution in [2.75, 3.05) is 0 Å². The van der Waals surface area contributed by atoms with E-state index >= 15 is 0 Å². The topological polar surface area (TPSA) is 54.4 Å². The Balaban J connectivity index is 1.64. The van der Waals surface area contributed by atoms with Crippen molar-refractivity contribution in [1.29, 1.82) is 0 Å². The summed E-state index contributed by atoms with van der Waals surface area (Å²) in [5, 5.41) is 9.13. The number of hydrogen-bond acceptors (Lipinski definition) is 2. The summed E-state index contributed by atoms with van der Waals surface area (Å²) in [7, 11) is 0. The van der Waals surface area contributed by atoms with Crippen LogP contribution in [0.4, 0.5) is 0 Å². The number of carbonyl (C=O) groups is 2. The predicted octanol–water partition coefficient (Wildman–Crippen LogP) is 5.66. The molecule has 3 nitrogen and oxygen atoms in total. The van der Waals surface area contributed by atoms with Crippen molar-refractivity contribution in [2.45, 2.75) is 72.6 Å². The van der Waals surface area contributed by atoms with Gasteiger partial charge in [-0.15, -0.1) is 0 Å². The van der Waals surface area contributed by atoms with Gasteiger partial charge in [-0.3, -0.25) is 9.59 Å². The molecule has 0 aromatic heterocycles. The van der Waals surface area contributed by atoms with Gasteiger partial charge in [-0.2, -0.15) is 0 Å². The van der Waals surface area contributed by atoms with Gasteiger partial charge in [-0.25, -0.2) is 0 Å². The van der Waals surface area contributed by atoms with Crippen LogP contribution in [0.2, 0.25) is 0 Å². The fourth-order valence-electron chi connectivity index (χ4n) is 7.86. The molecule has 2 fully saturated rings. The highest BCUT2D eigenvalue weighted by molar-refractivity contribution is 5.92. The Kier molecular flexibility index (Phi) is 4.87. The molecule has 0 radical (unpaired) electrons. The molecule has 0 bridgehead atoms. The van der Waals surface area contributed by atoms with Crippen molar-refractivity contribution >= 4 is 11.8 Å². The van der Waals surface area contributed by atoms with Crippen LogP contribution in [0.3, 0.4) is 0 Å². The molecule has 4 aliphatic rings. The quantitative estimate of drug-likeness (QED) is 0.680. The lowest BCUT2D eigenvalue weighted by Crippen LogP contribution is -2.53. The molecule has 2 saturated carbocycles. The number of carboxylic acids is 1. The number of carbonyl (C=O) groups excluding carboxylic acids is 1. The maximum atomic E-state index is 12.0. The standard InChI is InChI=1S/C25H36O3/c1-15(5-10-23(27)28)20-8-9-21-19-7-6-17-14-18(26)11-12-24(17,3)22(19)13-16(2)25(20,21)4/h6-7,14-16,19-22H,5,8-13H2,1-4H3,(H,27,28)/t15-,16+,19?,20?,21?,22+,24+,25?/m1/s1. The van der Waals surface area contributed by atoms with Crippen LogP contribution < -0.4 is 0 Å². The van der Waals surface area contributed by atoms with E-state index in [0.29, 0.717) is 53.8 Å². The molecule has 1 N–H and O–H groups in total. The van der Waals surface area contributed by atoms with Crippen LogP contribution in [0.15, 0.2) is 23.8 Å². The minimum Gasteiger partial charge on any atom is -0.481 e. The zero-order chi connectivity index (χ0) is 20.3. The minimum absolute atomic E-state index is 0.149. The third-order valence-corrected chi connectivity index (χ3v) is 9.67. The van der Waals surface area contributed by atoms with Gasteiger partial charge in [0.25, 0.3) is 0 Å². The Morgan fingerprint density at radius 3 is 2.75 bits per heavy atom. The Morgan fingerprint density at radius 1 is 1.29 bits per heavy atom. The van der Waals surface area contributed by atoms with Crippen molar-refractivity contribution in [3.63, 3.8) is 0 Å². The SMILES string of the molecule is C[C@H](CCC(=O)O)C1CCC2C3C=CC4=CC(=O)CC[C@]4(C)[C@H]3C[C@H](C)C21C. The third-order valence-electron chi connectivity index (χ3n) is 9.67. The van der Waals surface area contributed by atoms with E-state index < -0.39 is 5.97 Å². The molecule has 154 valence electrons. The molecule has 3 heteroatoms. The van der Waals surface area contributed by atoms with E-state index in [-0.39, 0.29) is 11.2 Å². The molecule has 4 rings (SSSR count). The van der Waals surface area contributed by atoms with Crippen LogP contribution in [0, 0.1) is 46.3 Å². The first-order valence-electron chi connectivity index (χ1n) is 11.3. The summed E-state index contributed by atoms with van der Waals surface area (Å²) in [5.74, 6) is 3.28. The van der Waals surface area contributed by atoms with Crippen LogP contribution in [0.1, 0.15) is 72.6 Å². The second-order valence-electron chi connectivity index (χ2n) is 10.7. The molecular formula is C25H36O3. The monoisotopic (exact) mass is 384 g/mol. The predicted molar refractivity (Wildman–Crippen MR) is 111 cm³/mol. The van der Waals surface area contributed by atoms with Crippen LogP contribution in [0.25, 0.3) is 0 Å². The lowest BCUT2D eigenvalue weighted by Gasteiger charge is -2.59. The highest BCUT2D eigenvalue weighted by Crippen LogP contribution is 2.68. The van der Waals surface area contributed by atoms with E-state index in [9.17, 15) is 9.59 Å². The van der Waals surface area contributed by atoms with Gasteiger partial charge in [0.1, 0.15) is 0 Å². The van der Waals surface area contributed by atoms with Crippen molar-refractivity contribution in [2.24, 2.45) is 46.3 Å². The van der Waals surface area contributed by atoms with E-state index in [1.54, 1.807) is 0 Å². The number of carboxylic acid groups (broad SMARTS) is 1. The zero-order valence-corrected chi connectivity index (χ0v) is 17.9. The zero-order valence-electron chi connectivity index (χ0n) is 17.9. The first kappa shape index (κ1) is 19.9. The largest absolute Gasteiger partial charge is 0.481 e. The molecule has 4 unspecified atom stereocenters. The molecule has 0 spiro atoms. The molecule has 0 heterocycles. The number of ketones is 1. The maximum Gasteiger partial charge on any atom is 0.303 e.